The van der Waals surface area contributed by atoms with Gasteiger partial charge in [-0.25, -0.2) is 9.59 Å². The largest absolute Gasteiger partial charge is 0.465 e. The third-order valence-electron chi connectivity index (χ3n) is 5.15. The summed E-state index contributed by atoms with van der Waals surface area (Å²) >= 11 is 0. The van der Waals surface area contributed by atoms with Crippen molar-refractivity contribution in [2.24, 2.45) is 0 Å². The average Bonchev–Trinajstić information content (AvgIpc) is 2.85. The summed E-state index contributed by atoms with van der Waals surface area (Å²) < 4.78 is 9.02. The summed E-state index contributed by atoms with van der Waals surface area (Å²) in [4.78, 5) is 48.5. The molecule has 0 N–H and O–H groups in total. The Morgan fingerprint density at radius 1 is 0.559 bits per heavy atom. The SMILES string of the molecule is CC(=O)c1ccc(C(C)=O)cc1.CN1CCN(C)CC1.COC(=O)c1ccc(C(=O)OC)cc1. The molecule has 1 saturated heterocycles. The number of hydrogen-bond acceptors (Lipinski definition) is 8. The highest BCUT2D eigenvalue weighted by molar-refractivity contribution is 5.97. The fraction of sp³-hybridized carbons (Fsp3) is 0.385. The van der Waals surface area contributed by atoms with Crippen LogP contribution in [-0.2, 0) is 9.47 Å². The van der Waals surface area contributed by atoms with Crippen LogP contribution in [0.1, 0.15) is 55.3 Å². The molecule has 0 atom stereocenters. The number of carbonyl (C=O) groups excluding carboxylic acids is 4. The molecule has 0 amide bonds. The second kappa shape index (κ2) is 14.7. The molecule has 0 unspecified atom stereocenters. The van der Waals surface area contributed by atoms with Gasteiger partial charge in [0.1, 0.15) is 0 Å². The fourth-order valence-corrected chi connectivity index (χ4v) is 2.82. The van der Waals surface area contributed by atoms with Crippen LogP contribution in [0.3, 0.4) is 0 Å². The Hall–Kier alpha value is -3.36. The summed E-state index contributed by atoms with van der Waals surface area (Å²) in [7, 11) is 6.95. The molecule has 1 fully saturated rings. The van der Waals surface area contributed by atoms with Crippen molar-refractivity contribution in [1.29, 1.82) is 0 Å². The van der Waals surface area contributed by atoms with Crippen molar-refractivity contribution in [2.75, 3.05) is 54.5 Å². The number of piperazine rings is 1. The molecule has 2 aromatic carbocycles. The number of Topliss-reactive ketones (excluding diaryl/α,β-unsaturated/α-hetero) is 2. The third kappa shape index (κ3) is 10.1. The van der Waals surface area contributed by atoms with Crippen molar-refractivity contribution >= 4 is 23.5 Å². The van der Waals surface area contributed by atoms with Gasteiger partial charge >= 0.3 is 11.9 Å². The van der Waals surface area contributed by atoms with Crippen molar-refractivity contribution < 1.29 is 28.7 Å². The van der Waals surface area contributed by atoms with E-state index in [0.717, 1.165) is 0 Å². The lowest BCUT2D eigenvalue weighted by molar-refractivity contribution is 0.0586. The number of carbonyl (C=O) groups is 4. The maximum Gasteiger partial charge on any atom is 0.337 e. The second-order valence-corrected chi connectivity index (χ2v) is 7.86. The molecule has 0 aromatic heterocycles. The smallest absolute Gasteiger partial charge is 0.337 e. The van der Waals surface area contributed by atoms with Gasteiger partial charge in [0.15, 0.2) is 11.6 Å². The monoisotopic (exact) mass is 470 g/mol. The Labute approximate surface area is 201 Å². The highest BCUT2D eigenvalue weighted by Crippen LogP contribution is 2.07. The van der Waals surface area contributed by atoms with E-state index in [2.05, 4.69) is 33.4 Å². The number of ketones is 2. The first-order valence-electron chi connectivity index (χ1n) is 10.8. The number of methoxy groups -OCH3 is 2. The topological polar surface area (TPSA) is 93.2 Å². The van der Waals surface area contributed by atoms with E-state index in [1.165, 1.54) is 78.5 Å². The molecular formula is C26H34N2O6. The van der Waals surface area contributed by atoms with Crippen LogP contribution in [0, 0.1) is 0 Å². The lowest BCUT2D eigenvalue weighted by Gasteiger charge is -2.28. The molecule has 1 heterocycles. The average molecular weight is 471 g/mol. The lowest BCUT2D eigenvalue weighted by Crippen LogP contribution is -2.42. The Bertz CT molecular complexity index is 868. The summed E-state index contributed by atoms with van der Waals surface area (Å²) in [6.07, 6.45) is 0. The van der Waals surface area contributed by atoms with Crippen LogP contribution >= 0.6 is 0 Å². The van der Waals surface area contributed by atoms with E-state index < -0.39 is 11.9 Å². The van der Waals surface area contributed by atoms with E-state index in [9.17, 15) is 19.2 Å². The molecule has 8 heteroatoms. The molecule has 34 heavy (non-hydrogen) atoms. The first-order valence-corrected chi connectivity index (χ1v) is 10.8. The molecule has 3 rings (SSSR count). The summed E-state index contributed by atoms with van der Waals surface area (Å²) in [5.41, 5.74) is 2.08. The Morgan fingerprint density at radius 2 is 0.794 bits per heavy atom. The number of ether oxygens (including phenoxy) is 2. The molecule has 8 nitrogen and oxygen atoms in total. The van der Waals surface area contributed by atoms with E-state index in [-0.39, 0.29) is 11.6 Å². The summed E-state index contributed by atoms with van der Waals surface area (Å²) in [5, 5.41) is 0. The van der Waals surface area contributed by atoms with Crippen molar-refractivity contribution in [2.45, 2.75) is 13.8 Å². The Balaban J connectivity index is 0.000000264. The van der Waals surface area contributed by atoms with Gasteiger partial charge in [0, 0.05) is 37.3 Å². The molecule has 0 spiro atoms. The van der Waals surface area contributed by atoms with E-state index in [4.69, 9.17) is 0 Å². The fourth-order valence-electron chi connectivity index (χ4n) is 2.82. The minimum absolute atomic E-state index is 0.0186. The lowest BCUT2D eigenvalue weighted by atomic mass is 10.1. The van der Waals surface area contributed by atoms with Gasteiger partial charge < -0.3 is 19.3 Å². The zero-order chi connectivity index (χ0) is 25.7. The molecule has 1 aliphatic rings. The minimum Gasteiger partial charge on any atom is -0.465 e. The van der Waals surface area contributed by atoms with Gasteiger partial charge in [-0.1, -0.05) is 24.3 Å². The van der Waals surface area contributed by atoms with Crippen LogP contribution in [0.25, 0.3) is 0 Å². The van der Waals surface area contributed by atoms with Gasteiger partial charge in [0.05, 0.1) is 25.3 Å². The predicted octanol–water partition coefficient (Wildman–Crippen LogP) is 3.22. The number of esters is 2. The van der Waals surface area contributed by atoms with E-state index in [1.807, 2.05) is 0 Å². The number of nitrogens with zero attached hydrogens (tertiary/aromatic N) is 2. The minimum atomic E-state index is -0.429. The van der Waals surface area contributed by atoms with Crippen LogP contribution in [0.2, 0.25) is 0 Å². The standard InChI is InChI=1S/C10H10O4.C10H10O2.C6H14N2/c1-13-9(11)7-3-5-8(6-4-7)10(12)14-2;1-7(11)9-3-5-10(6-4-9)8(2)12;1-7-3-5-8(2)6-4-7/h3-6H,1-2H3;3-6H,1-2H3;3-6H2,1-2H3. The van der Waals surface area contributed by atoms with E-state index in [1.54, 1.807) is 24.3 Å². The predicted molar refractivity (Wildman–Crippen MR) is 131 cm³/mol. The highest BCUT2D eigenvalue weighted by atomic mass is 16.5. The maximum atomic E-state index is 11.0. The summed E-state index contributed by atoms with van der Waals surface area (Å²) in [6, 6.07) is 12.7. The van der Waals surface area contributed by atoms with Gasteiger partial charge in [0.2, 0.25) is 0 Å². The van der Waals surface area contributed by atoms with Gasteiger partial charge in [0.25, 0.3) is 0 Å². The molecule has 0 aliphatic carbocycles. The molecule has 1 aliphatic heterocycles. The van der Waals surface area contributed by atoms with Crippen molar-refractivity contribution in [3.8, 4) is 0 Å². The van der Waals surface area contributed by atoms with Crippen LogP contribution in [0.5, 0.6) is 0 Å². The Kier molecular flexibility index (Phi) is 12.4. The molecule has 0 bridgehead atoms. The van der Waals surface area contributed by atoms with Crippen molar-refractivity contribution in [3.63, 3.8) is 0 Å². The molecular weight excluding hydrogens is 436 g/mol. The van der Waals surface area contributed by atoms with Gasteiger partial charge in [-0.2, -0.15) is 0 Å². The van der Waals surface area contributed by atoms with Crippen LogP contribution in [0.4, 0.5) is 0 Å². The molecule has 0 radical (unpaired) electrons. The van der Waals surface area contributed by atoms with Crippen LogP contribution in [-0.4, -0.2) is 87.8 Å². The van der Waals surface area contributed by atoms with Gasteiger partial charge in [-0.05, 0) is 52.2 Å². The maximum absolute atomic E-state index is 11.0. The van der Waals surface area contributed by atoms with Gasteiger partial charge in [-0.15, -0.1) is 0 Å². The van der Waals surface area contributed by atoms with Crippen LogP contribution in [0.15, 0.2) is 48.5 Å². The quantitative estimate of drug-likeness (QED) is 0.497. The summed E-state index contributed by atoms with van der Waals surface area (Å²) in [5.74, 6) is -0.821. The highest BCUT2D eigenvalue weighted by Gasteiger charge is 2.09. The molecule has 0 saturated carbocycles. The Morgan fingerprint density at radius 3 is 1.00 bits per heavy atom. The zero-order valence-electron chi connectivity index (χ0n) is 20.8. The second-order valence-electron chi connectivity index (χ2n) is 7.86. The summed E-state index contributed by atoms with van der Waals surface area (Å²) in [6.45, 7) is 7.94. The number of benzene rings is 2. The number of rotatable bonds is 4. The number of hydrogen-bond donors (Lipinski definition) is 0. The zero-order valence-corrected chi connectivity index (χ0v) is 20.8. The van der Waals surface area contributed by atoms with Gasteiger partial charge in [-0.3, -0.25) is 9.59 Å². The first-order chi connectivity index (χ1) is 16.1. The van der Waals surface area contributed by atoms with E-state index >= 15 is 0 Å². The third-order valence-corrected chi connectivity index (χ3v) is 5.15. The van der Waals surface area contributed by atoms with Crippen molar-refractivity contribution in [1.82, 2.24) is 9.80 Å². The molecule has 184 valence electrons. The number of likely N-dealkylation sites (N-methyl/N-ethyl adjacent to an activating group) is 2. The normalized spacial score (nSPS) is 13.4. The molecule has 2 aromatic rings. The van der Waals surface area contributed by atoms with Crippen molar-refractivity contribution in [3.05, 3.63) is 70.8 Å². The first kappa shape index (κ1) is 28.7. The van der Waals surface area contributed by atoms with E-state index in [0.29, 0.717) is 22.3 Å². The van der Waals surface area contributed by atoms with Crippen LogP contribution < -0.4 is 0 Å².